The first-order valence-electron chi connectivity index (χ1n) is 6.10. The van der Waals surface area contributed by atoms with Crippen LogP contribution in [-0.2, 0) is 4.74 Å². The Hall–Kier alpha value is 0.270. The minimum absolute atomic E-state index is 0.276. The van der Waals surface area contributed by atoms with Crippen molar-refractivity contribution in [1.82, 2.24) is 0 Å². The highest BCUT2D eigenvalue weighted by molar-refractivity contribution is 7.99. The summed E-state index contributed by atoms with van der Waals surface area (Å²) < 4.78 is 5.90. The van der Waals surface area contributed by atoms with Crippen LogP contribution < -0.4 is 0 Å². The fraction of sp³-hybridized carbons (Fsp3) is 1.00. The maximum atomic E-state index is 8.99. The Morgan fingerprint density at radius 3 is 2.93 bits per heavy atom. The second-order valence-corrected chi connectivity index (χ2v) is 6.45. The Labute approximate surface area is 96.8 Å². The molecule has 0 aromatic carbocycles. The summed E-state index contributed by atoms with van der Waals surface area (Å²) in [6, 6.07) is 0. The number of ether oxygens (including phenoxy) is 1. The van der Waals surface area contributed by atoms with Crippen LogP contribution in [0.4, 0.5) is 0 Å². The van der Waals surface area contributed by atoms with Crippen molar-refractivity contribution in [1.29, 1.82) is 0 Å². The predicted molar refractivity (Wildman–Crippen MR) is 64.3 cm³/mol. The second kappa shape index (κ2) is 5.07. The fourth-order valence-corrected chi connectivity index (χ4v) is 3.79. The van der Waals surface area contributed by atoms with Crippen LogP contribution in [0.2, 0.25) is 0 Å². The van der Waals surface area contributed by atoms with E-state index in [2.05, 4.69) is 6.92 Å². The highest BCUT2D eigenvalue weighted by atomic mass is 32.2. The summed E-state index contributed by atoms with van der Waals surface area (Å²) in [6.45, 7) is 3.39. The standard InChI is InChI=1S/C12H22O2S/c1-10(8-13)9-15-11-3-6-14-12(7-11)4-2-5-12/h10-11,13H,2-9H2,1H3. The van der Waals surface area contributed by atoms with E-state index in [4.69, 9.17) is 9.84 Å². The average molecular weight is 230 g/mol. The molecule has 1 spiro atoms. The first-order valence-corrected chi connectivity index (χ1v) is 7.15. The van der Waals surface area contributed by atoms with Crippen molar-refractivity contribution in [3.63, 3.8) is 0 Å². The van der Waals surface area contributed by atoms with Gasteiger partial charge in [-0.05, 0) is 43.8 Å². The molecule has 1 N–H and O–H groups in total. The van der Waals surface area contributed by atoms with E-state index in [0.29, 0.717) is 12.5 Å². The summed E-state index contributed by atoms with van der Waals surface area (Å²) in [5.41, 5.74) is 0.276. The van der Waals surface area contributed by atoms with E-state index in [-0.39, 0.29) is 5.60 Å². The Bertz CT molecular complexity index is 204. The van der Waals surface area contributed by atoms with Crippen LogP contribution in [0, 0.1) is 5.92 Å². The summed E-state index contributed by atoms with van der Waals surface area (Å²) in [7, 11) is 0. The van der Waals surface area contributed by atoms with E-state index >= 15 is 0 Å². The highest BCUT2D eigenvalue weighted by Crippen LogP contribution is 2.45. The maximum absolute atomic E-state index is 8.99. The van der Waals surface area contributed by atoms with Crippen molar-refractivity contribution in [2.45, 2.75) is 49.9 Å². The van der Waals surface area contributed by atoms with Crippen molar-refractivity contribution >= 4 is 11.8 Å². The van der Waals surface area contributed by atoms with Gasteiger partial charge in [0.25, 0.3) is 0 Å². The number of thioether (sulfide) groups is 1. The predicted octanol–water partition coefficient (Wildman–Crippen LogP) is 2.45. The number of aliphatic hydroxyl groups is 1. The molecule has 0 aromatic rings. The van der Waals surface area contributed by atoms with Crippen molar-refractivity contribution in [2.75, 3.05) is 19.0 Å². The molecule has 3 heteroatoms. The second-order valence-electron chi connectivity index (χ2n) is 5.12. The zero-order valence-corrected chi connectivity index (χ0v) is 10.4. The summed E-state index contributed by atoms with van der Waals surface area (Å²) in [4.78, 5) is 0. The molecule has 0 radical (unpaired) electrons. The molecular weight excluding hydrogens is 208 g/mol. The first-order chi connectivity index (χ1) is 7.24. The molecule has 1 saturated heterocycles. The maximum Gasteiger partial charge on any atom is 0.0693 e. The molecule has 0 amide bonds. The van der Waals surface area contributed by atoms with Gasteiger partial charge in [-0.1, -0.05) is 6.92 Å². The topological polar surface area (TPSA) is 29.5 Å². The molecule has 88 valence electrons. The number of hydrogen-bond acceptors (Lipinski definition) is 3. The van der Waals surface area contributed by atoms with Gasteiger partial charge in [0.1, 0.15) is 0 Å². The lowest BCUT2D eigenvalue weighted by Gasteiger charge is -2.47. The van der Waals surface area contributed by atoms with Crippen LogP contribution in [0.15, 0.2) is 0 Å². The summed E-state index contributed by atoms with van der Waals surface area (Å²) in [5, 5.41) is 9.76. The van der Waals surface area contributed by atoms with Gasteiger partial charge in [-0.3, -0.25) is 0 Å². The molecule has 15 heavy (non-hydrogen) atoms. The summed E-state index contributed by atoms with van der Waals surface area (Å²) >= 11 is 2.04. The van der Waals surface area contributed by atoms with Crippen LogP contribution in [0.1, 0.15) is 39.0 Å². The van der Waals surface area contributed by atoms with Gasteiger partial charge in [-0.15, -0.1) is 0 Å². The Morgan fingerprint density at radius 2 is 2.33 bits per heavy atom. The lowest BCUT2D eigenvalue weighted by atomic mass is 9.75. The first kappa shape index (κ1) is 11.7. The Kier molecular flexibility index (Phi) is 3.97. The zero-order chi connectivity index (χ0) is 10.7. The van der Waals surface area contributed by atoms with Crippen molar-refractivity contribution < 1.29 is 9.84 Å². The van der Waals surface area contributed by atoms with Crippen LogP contribution in [0.3, 0.4) is 0 Å². The van der Waals surface area contributed by atoms with Gasteiger partial charge in [0, 0.05) is 18.5 Å². The van der Waals surface area contributed by atoms with Gasteiger partial charge < -0.3 is 9.84 Å². The largest absolute Gasteiger partial charge is 0.396 e. The number of aliphatic hydroxyl groups excluding tert-OH is 1. The molecule has 1 heterocycles. The average Bonchev–Trinajstić information content (AvgIpc) is 2.24. The monoisotopic (exact) mass is 230 g/mol. The lowest BCUT2D eigenvalue weighted by Crippen LogP contribution is -2.46. The van der Waals surface area contributed by atoms with Crippen molar-refractivity contribution in [3.05, 3.63) is 0 Å². The van der Waals surface area contributed by atoms with Crippen LogP contribution in [0.5, 0.6) is 0 Å². The Morgan fingerprint density at radius 1 is 1.53 bits per heavy atom. The summed E-state index contributed by atoms with van der Waals surface area (Å²) in [6.07, 6.45) is 6.35. The lowest BCUT2D eigenvalue weighted by molar-refractivity contribution is -0.125. The van der Waals surface area contributed by atoms with Gasteiger partial charge in [0.05, 0.1) is 5.60 Å². The van der Waals surface area contributed by atoms with Gasteiger partial charge >= 0.3 is 0 Å². The van der Waals surface area contributed by atoms with E-state index in [0.717, 1.165) is 17.6 Å². The van der Waals surface area contributed by atoms with Crippen molar-refractivity contribution in [3.8, 4) is 0 Å². The highest BCUT2D eigenvalue weighted by Gasteiger charge is 2.42. The smallest absolute Gasteiger partial charge is 0.0693 e. The molecule has 0 bridgehead atoms. The minimum atomic E-state index is 0.276. The van der Waals surface area contributed by atoms with Gasteiger partial charge in [0.15, 0.2) is 0 Å². The van der Waals surface area contributed by atoms with E-state index in [1.165, 1.54) is 32.1 Å². The third kappa shape index (κ3) is 2.89. The van der Waals surface area contributed by atoms with Crippen LogP contribution >= 0.6 is 11.8 Å². The molecule has 2 atom stereocenters. The quantitative estimate of drug-likeness (QED) is 0.804. The molecule has 1 aliphatic heterocycles. The van der Waals surface area contributed by atoms with Gasteiger partial charge in [-0.2, -0.15) is 11.8 Å². The number of hydrogen-bond donors (Lipinski definition) is 1. The number of rotatable bonds is 4. The third-order valence-corrected chi connectivity index (χ3v) is 5.28. The van der Waals surface area contributed by atoms with Gasteiger partial charge in [0.2, 0.25) is 0 Å². The molecule has 2 rings (SSSR count). The van der Waals surface area contributed by atoms with E-state index in [1.807, 2.05) is 11.8 Å². The zero-order valence-electron chi connectivity index (χ0n) is 9.58. The third-order valence-electron chi connectivity index (χ3n) is 3.64. The van der Waals surface area contributed by atoms with E-state index in [9.17, 15) is 0 Å². The summed E-state index contributed by atoms with van der Waals surface area (Å²) in [5.74, 6) is 1.53. The molecular formula is C12H22O2S. The minimum Gasteiger partial charge on any atom is -0.396 e. The van der Waals surface area contributed by atoms with Crippen LogP contribution in [-0.4, -0.2) is 34.9 Å². The molecule has 2 unspecified atom stereocenters. The SMILES string of the molecule is CC(CO)CSC1CCOC2(CCC2)C1. The molecule has 0 aromatic heterocycles. The molecule has 2 aliphatic rings. The fourth-order valence-electron chi connectivity index (χ4n) is 2.40. The molecule has 2 fully saturated rings. The van der Waals surface area contributed by atoms with Crippen molar-refractivity contribution in [2.24, 2.45) is 5.92 Å². The molecule has 2 nitrogen and oxygen atoms in total. The normalized spacial score (nSPS) is 31.2. The van der Waals surface area contributed by atoms with E-state index < -0.39 is 0 Å². The van der Waals surface area contributed by atoms with Gasteiger partial charge in [-0.25, -0.2) is 0 Å². The molecule has 1 aliphatic carbocycles. The van der Waals surface area contributed by atoms with E-state index in [1.54, 1.807) is 0 Å². The molecule has 1 saturated carbocycles. The van der Waals surface area contributed by atoms with Crippen LogP contribution in [0.25, 0.3) is 0 Å². The Balaban J connectivity index is 1.73.